The number of rotatable bonds is 17. The van der Waals surface area contributed by atoms with Crippen LogP contribution in [-0.2, 0) is 66.7 Å². The molecule has 8 fully saturated rings. The summed E-state index contributed by atoms with van der Waals surface area (Å²) < 4.78 is 97.8. The minimum Gasteiger partial charge on any atom is -0.456 e. The maximum absolute atomic E-state index is 14.5. The summed E-state index contributed by atoms with van der Waals surface area (Å²) in [5, 5.41) is 135. The van der Waals surface area contributed by atoms with Gasteiger partial charge in [0.2, 0.25) is 0 Å². The molecule has 0 radical (unpaired) electrons. The number of hydrogen-bond acceptors (Lipinski definition) is 26. The molecule has 0 aromatic rings. The summed E-state index contributed by atoms with van der Waals surface area (Å²) in [5.41, 5.74) is -6.01. The van der Waals surface area contributed by atoms with E-state index in [1.807, 2.05) is 34.6 Å². The second-order valence-electron chi connectivity index (χ2n) is 26.1. The topological polar surface area (TPSA) is 416 Å². The van der Waals surface area contributed by atoms with Crippen molar-refractivity contribution in [1.82, 2.24) is 0 Å². The van der Waals surface area contributed by atoms with Crippen molar-refractivity contribution in [3.05, 3.63) is 11.6 Å². The van der Waals surface area contributed by atoms with Crippen molar-refractivity contribution < 1.29 is 131 Å². The largest absolute Gasteiger partial charge is 0.456 e. The van der Waals surface area contributed by atoms with Crippen LogP contribution in [0.2, 0.25) is 0 Å². The molecule has 29 unspecified atom stereocenters. The van der Waals surface area contributed by atoms with Crippen LogP contribution in [0.1, 0.15) is 107 Å². The summed E-state index contributed by atoms with van der Waals surface area (Å²) in [6, 6.07) is 0. The van der Waals surface area contributed by atoms with Gasteiger partial charge in [-0.1, -0.05) is 53.2 Å². The number of fused-ring (bicyclic) bond motifs is 4. The van der Waals surface area contributed by atoms with Gasteiger partial charge < -0.3 is 109 Å². The number of ether oxygens (including phenoxy) is 10. The highest BCUT2D eigenvalue weighted by Crippen LogP contribution is 2.77. The predicted octanol–water partition coefficient (Wildman–Crippen LogP) is -2.42. The van der Waals surface area contributed by atoms with Gasteiger partial charge in [0.1, 0.15) is 102 Å². The molecular formula is C54H88O27S. The van der Waals surface area contributed by atoms with Gasteiger partial charge in [-0.2, -0.15) is 8.42 Å². The number of carbonyl (C=O) groups is 1. The zero-order valence-corrected chi connectivity index (χ0v) is 48.5. The van der Waals surface area contributed by atoms with Crippen molar-refractivity contribution in [3.63, 3.8) is 0 Å². The smallest absolute Gasteiger partial charge is 0.397 e. The maximum atomic E-state index is 14.5. The molecular weight excluding hydrogens is 1110 g/mol. The number of aliphatic hydroxyl groups is 12. The Balaban J connectivity index is 0.912. The zero-order chi connectivity index (χ0) is 60.4. The molecule has 82 heavy (non-hydrogen) atoms. The third kappa shape index (κ3) is 10.4. The molecule has 1 spiro atoms. The van der Waals surface area contributed by atoms with E-state index in [4.69, 9.17) is 51.6 Å². The maximum Gasteiger partial charge on any atom is 0.397 e. The van der Waals surface area contributed by atoms with Crippen LogP contribution in [0.5, 0.6) is 0 Å². The molecule has 0 aromatic carbocycles. The molecule has 29 atom stereocenters. The number of cyclic esters (lactones) is 1. The lowest BCUT2D eigenvalue weighted by atomic mass is 9.40. The van der Waals surface area contributed by atoms with Crippen molar-refractivity contribution in [2.24, 2.45) is 39.4 Å². The summed E-state index contributed by atoms with van der Waals surface area (Å²) in [6.45, 7) is 12.8. The molecule has 5 aliphatic heterocycles. The van der Waals surface area contributed by atoms with E-state index < -0.39 is 204 Å². The summed E-state index contributed by atoms with van der Waals surface area (Å²) in [4.78, 5) is 14.5. The van der Waals surface area contributed by atoms with Gasteiger partial charge in [-0.3, -0.25) is 9.35 Å². The van der Waals surface area contributed by atoms with E-state index in [1.165, 1.54) is 14.0 Å². The normalized spacial score (nSPS) is 51.6. The Labute approximate surface area is 476 Å². The Bertz CT molecular complexity index is 2420. The Morgan fingerprint density at radius 3 is 1.89 bits per heavy atom. The molecule has 5 saturated heterocycles. The molecule has 13 N–H and O–H groups in total. The molecule has 28 heteroatoms. The van der Waals surface area contributed by atoms with Crippen molar-refractivity contribution in [2.75, 3.05) is 26.9 Å². The number of esters is 1. The lowest BCUT2D eigenvalue weighted by molar-refractivity contribution is -0.389. The van der Waals surface area contributed by atoms with Gasteiger partial charge in [-0.15, -0.1) is 0 Å². The van der Waals surface area contributed by atoms with Gasteiger partial charge in [0.15, 0.2) is 25.2 Å². The predicted molar refractivity (Wildman–Crippen MR) is 275 cm³/mol. The number of methoxy groups -OCH3 is 1. The zero-order valence-electron chi connectivity index (χ0n) is 47.7. The van der Waals surface area contributed by atoms with Gasteiger partial charge in [0.25, 0.3) is 0 Å². The number of aliphatic hydroxyl groups excluding tert-OH is 11. The molecule has 5 heterocycles. The summed E-state index contributed by atoms with van der Waals surface area (Å²) >= 11 is 0. The van der Waals surface area contributed by atoms with Crippen molar-refractivity contribution >= 4 is 16.4 Å². The highest BCUT2D eigenvalue weighted by molar-refractivity contribution is 7.80. The molecule has 4 aliphatic carbocycles. The second-order valence-corrected chi connectivity index (χ2v) is 27.1. The van der Waals surface area contributed by atoms with E-state index in [0.29, 0.717) is 32.1 Å². The van der Waals surface area contributed by atoms with Gasteiger partial charge in [-0.25, -0.2) is 4.18 Å². The van der Waals surface area contributed by atoms with E-state index in [2.05, 4.69) is 6.92 Å². The van der Waals surface area contributed by atoms with Crippen molar-refractivity contribution in [1.29, 1.82) is 0 Å². The number of allylic oxidation sites excluding steroid dienone is 1. The van der Waals surface area contributed by atoms with Gasteiger partial charge in [-0.05, 0) is 99.2 Å². The fraction of sp³-hybridized carbons (Fsp3) is 0.944. The molecule has 9 aliphatic rings. The Morgan fingerprint density at radius 2 is 1.29 bits per heavy atom. The van der Waals surface area contributed by atoms with E-state index >= 15 is 0 Å². The van der Waals surface area contributed by atoms with Gasteiger partial charge in [0, 0.05) is 7.11 Å². The lowest BCUT2D eigenvalue weighted by Crippen LogP contribution is -2.68. The van der Waals surface area contributed by atoms with Crippen LogP contribution in [0.4, 0.5) is 0 Å². The van der Waals surface area contributed by atoms with Crippen LogP contribution in [0.3, 0.4) is 0 Å². The summed E-state index contributed by atoms with van der Waals surface area (Å²) in [7, 11) is -4.02. The van der Waals surface area contributed by atoms with Crippen LogP contribution in [0.15, 0.2) is 11.6 Å². The Kier molecular flexibility index (Phi) is 18.4. The van der Waals surface area contributed by atoms with Crippen molar-refractivity contribution in [2.45, 2.75) is 253 Å². The Morgan fingerprint density at radius 1 is 0.707 bits per heavy atom. The van der Waals surface area contributed by atoms with Crippen LogP contribution >= 0.6 is 0 Å². The van der Waals surface area contributed by atoms with E-state index in [-0.39, 0.29) is 37.0 Å². The first-order valence-corrected chi connectivity index (χ1v) is 30.0. The fourth-order valence-corrected chi connectivity index (χ4v) is 16.8. The third-order valence-corrected chi connectivity index (χ3v) is 21.5. The average Bonchev–Trinajstić information content (AvgIpc) is 1.49. The first kappa shape index (κ1) is 64.7. The average molecular weight is 1200 g/mol. The Hall–Kier alpha value is -1.76. The van der Waals surface area contributed by atoms with Gasteiger partial charge in [0.05, 0.1) is 44.2 Å². The van der Waals surface area contributed by atoms with Crippen LogP contribution in [0.25, 0.3) is 0 Å². The SMILES string of the molecule is COC1C(O)C(CO)OC(OC2C(O)C(CO)OC(OC3C(C)OC(OC4C(OC5CCC6(C)C7=CC(O)C89C(=O)OC(C)(CCC(O)C(C)C)C8(O)CCC9(C)C7CCC6C5(C)C)OCC(OS(=O)(=O)O)C4O)C(O)C3O)C2O)C1O. The lowest BCUT2D eigenvalue weighted by Gasteiger charge is -2.64. The first-order chi connectivity index (χ1) is 38.2. The van der Waals surface area contributed by atoms with Crippen molar-refractivity contribution in [3.8, 4) is 0 Å². The summed E-state index contributed by atoms with van der Waals surface area (Å²) in [5.74, 6) is -1.08. The quantitative estimate of drug-likeness (QED) is 0.0312. The molecule has 3 saturated carbocycles. The molecule has 27 nitrogen and oxygen atoms in total. The highest BCUT2D eigenvalue weighted by atomic mass is 32.3. The number of carbonyl (C=O) groups excluding carboxylic acids is 1. The van der Waals surface area contributed by atoms with Crippen LogP contribution in [0, 0.1) is 39.4 Å². The monoisotopic (exact) mass is 1200 g/mol. The fourth-order valence-electron chi connectivity index (χ4n) is 16.3. The number of hydrogen-bond donors (Lipinski definition) is 13. The van der Waals surface area contributed by atoms with Gasteiger partial charge >= 0.3 is 16.4 Å². The van der Waals surface area contributed by atoms with Crippen LogP contribution in [-0.4, -0.2) is 253 Å². The highest BCUT2D eigenvalue weighted by Gasteiger charge is 2.85. The van der Waals surface area contributed by atoms with E-state index in [0.717, 1.165) is 5.57 Å². The molecule has 0 amide bonds. The third-order valence-electron chi connectivity index (χ3n) is 21.0. The standard InChI is InChI=1S/C54H88O27S/c1-22(2)26(57)12-15-52(8)53(67)17-16-51(7)24-10-11-30-49(4,5)32(13-14-50(30,6)25(24)18-31(58)54(51,53)48(66)80-52)76-47-43(35(61)29(21-72-47)81-82(68,69)70)79-44-37(63)36(62)40(23(3)73-44)77-46-39(65)42(34(60)28(20-56)75-46)78-45-38(64)41(71-9)33(59)27(19-55)74-45/h18,22-24,26-47,55-65,67H,10-17,19-21H2,1-9H3,(H,68,69,70). The summed E-state index contributed by atoms with van der Waals surface area (Å²) in [6.07, 6.45) is -30.2. The molecule has 0 aromatic heterocycles. The molecule has 472 valence electrons. The molecule has 0 bridgehead atoms. The minimum absolute atomic E-state index is 0.0583. The van der Waals surface area contributed by atoms with Crippen LogP contribution < -0.4 is 0 Å². The molecule has 9 rings (SSSR count). The van der Waals surface area contributed by atoms with E-state index in [9.17, 15) is 79.0 Å². The second kappa shape index (κ2) is 23.3. The first-order valence-electron chi connectivity index (χ1n) is 28.6. The van der Waals surface area contributed by atoms with E-state index in [1.54, 1.807) is 13.0 Å². The minimum atomic E-state index is -5.20.